The number of sulfone groups is 1. The maximum atomic E-state index is 11.7. The summed E-state index contributed by atoms with van der Waals surface area (Å²) in [5.74, 6) is 0.138. The summed E-state index contributed by atoms with van der Waals surface area (Å²) in [6.07, 6.45) is 1.04. The van der Waals surface area contributed by atoms with Crippen molar-refractivity contribution in [3.8, 4) is 0 Å². The molecule has 5 nitrogen and oxygen atoms in total. The van der Waals surface area contributed by atoms with Crippen LogP contribution in [0.1, 0.15) is 12.0 Å². The van der Waals surface area contributed by atoms with Gasteiger partial charge in [0.05, 0.1) is 11.5 Å². The first kappa shape index (κ1) is 14.5. The molecule has 106 valence electrons. The minimum Gasteiger partial charge on any atom is -0.356 e. The number of hydrogen-bond donors (Lipinski definition) is 2. The third-order valence-corrected chi connectivity index (χ3v) is 5.52. The van der Waals surface area contributed by atoms with Crippen LogP contribution in [-0.2, 0) is 21.1 Å². The summed E-state index contributed by atoms with van der Waals surface area (Å²) in [6.45, 7) is 1.03. The molecular weight excluding hydrogens is 284 g/mol. The van der Waals surface area contributed by atoms with Gasteiger partial charge in [0.15, 0.2) is 9.84 Å². The molecule has 0 saturated carbocycles. The number of rotatable bonds is 5. The van der Waals surface area contributed by atoms with Crippen molar-refractivity contribution in [2.24, 2.45) is 0 Å². The zero-order valence-corrected chi connectivity index (χ0v) is 12.2. The first-order chi connectivity index (χ1) is 9.05. The van der Waals surface area contributed by atoms with Crippen LogP contribution in [0.3, 0.4) is 0 Å². The van der Waals surface area contributed by atoms with Crippen molar-refractivity contribution in [2.45, 2.75) is 18.9 Å². The number of nitrogens with one attached hydrogen (secondary N) is 2. The Morgan fingerprint density at radius 1 is 1.53 bits per heavy atom. The number of hydrogen-bond acceptors (Lipinski definition) is 5. The van der Waals surface area contributed by atoms with E-state index >= 15 is 0 Å². The van der Waals surface area contributed by atoms with Gasteiger partial charge >= 0.3 is 0 Å². The Morgan fingerprint density at radius 2 is 2.37 bits per heavy atom. The van der Waals surface area contributed by atoms with Gasteiger partial charge in [0, 0.05) is 25.6 Å². The van der Waals surface area contributed by atoms with Gasteiger partial charge in [-0.1, -0.05) is 0 Å². The second-order valence-electron chi connectivity index (χ2n) is 4.70. The molecule has 1 aliphatic rings. The lowest BCUT2D eigenvalue weighted by molar-refractivity contribution is -0.121. The summed E-state index contributed by atoms with van der Waals surface area (Å²) in [5.41, 5.74) is 1.21. The number of carbonyl (C=O) groups is 1. The first-order valence-electron chi connectivity index (χ1n) is 6.27. The second-order valence-corrected chi connectivity index (χ2v) is 7.71. The summed E-state index contributed by atoms with van der Waals surface area (Å²) < 4.78 is 22.9. The monoisotopic (exact) mass is 302 g/mol. The van der Waals surface area contributed by atoms with Crippen molar-refractivity contribution in [2.75, 3.05) is 24.6 Å². The van der Waals surface area contributed by atoms with Crippen LogP contribution in [0.2, 0.25) is 0 Å². The molecule has 0 bridgehead atoms. The number of thiophene rings is 1. The summed E-state index contributed by atoms with van der Waals surface area (Å²) in [4.78, 5) is 11.7. The molecule has 1 amide bonds. The predicted molar refractivity (Wildman–Crippen MR) is 76.1 cm³/mol. The molecule has 1 fully saturated rings. The molecule has 2 heterocycles. The molecule has 0 spiro atoms. The van der Waals surface area contributed by atoms with Gasteiger partial charge in [0.2, 0.25) is 5.91 Å². The highest BCUT2D eigenvalue weighted by Gasteiger charge is 2.25. The smallest absolute Gasteiger partial charge is 0.221 e. The van der Waals surface area contributed by atoms with Crippen molar-refractivity contribution < 1.29 is 13.2 Å². The van der Waals surface area contributed by atoms with Gasteiger partial charge in [-0.2, -0.15) is 11.3 Å². The Bertz CT molecular complexity index is 511. The molecule has 1 saturated heterocycles. The van der Waals surface area contributed by atoms with Crippen LogP contribution in [0.15, 0.2) is 16.8 Å². The zero-order valence-electron chi connectivity index (χ0n) is 10.6. The van der Waals surface area contributed by atoms with Gasteiger partial charge in [-0.3, -0.25) is 4.79 Å². The van der Waals surface area contributed by atoms with E-state index in [4.69, 9.17) is 0 Å². The first-order valence-corrected chi connectivity index (χ1v) is 9.03. The largest absolute Gasteiger partial charge is 0.356 e. The van der Waals surface area contributed by atoms with E-state index in [1.54, 1.807) is 11.3 Å². The summed E-state index contributed by atoms with van der Waals surface area (Å²) in [7, 11) is -2.97. The lowest BCUT2D eigenvalue weighted by atomic mass is 10.2. The fourth-order valence-electron chi connectivity index (χ4n) is 2.08. The van der Waals surface area contributed by atoms with Crippen LogP contribution < -0.4 is 10.6 Å². The zero-order chi connectivity index (χ0) is 13.7. The average molecular weight is 302 g/mol. The van der Waals surface area contributed by atoms with E-state index in [-0.39, 0.29) is 29.9 Å². The summed E-state index contributed by atoms with van der Waals surface area (Å²) in [5, 5.41) is 9.96. The Labute approximate surface area is 117 Å². The summed E-state index contributed by atoms with van der Waals surface area (Å²) in [6, 6.07) is 1.78. The highest BCUT2D eigenvalue weighted by molar-refractivity contribution is 7.91. The van der Waals surface area contributed by atoms with Crippen molar-refractivity contribution in [3.05, 3.63) is 22.4 Å². The van der Waals surface area contributed by atoms with Crippen molar-refractivity contribution in [3.63, 3.8) is 0 Å². The van der Waals surface area contributed by atoms with Crippen LogP contribution >= 0.6 is 11.3 Å². The standard InChI is InChI=1S/C12H18N2O3S2/c15-12(14-3-1-10-2-5-18-8-10)7-11-9-19(16,17)6-4-13-11/h2,5,8,11,13H,1,3-4,6-7,9H2,(H,14,15). The lowest BCUT2D eigenvalue weighted by Gasteiger charge is -2.23. The molecule has 1 aromatic heterocycles. The Kier molecular flexibility index (Phi) is 4.95. The normalized spacial score (nSPS) is 22.0. The van der Waals surface area contributed by atoms with Crippen LogP contribution in [0, 0.1) is 0 Å². The maximum absolute atomic E-state index is 11.7. The fraction of sp³-hybridized carbons (Fsp3) is 0.583. The van der Waals surface area contributed by atoms with Gasteiger partial charge in [-0.05, 0) is 28.8 Å². The molecule has 1 unspecified atom stereocenters. The number of amides is 1. The van der Waals surface area contributed by atoms with E-state index in [0.29, 0.717) is 13.1 Å². The fourth-order valence-corrected chi connectivity index (χ4v) is 4.22. The van der Waals surface area contributed by atoms with Crippen LogP contribution in [0.5, 0.6) is 0 Å². The maximum Gasteiger partial charge on any atom is 0.221 e. The van der Waals surface area contributed by atoms with E-state index in [1.165, 1.54) is 5.56 Å². The molecule has 2 N–H and O–H groups in total. The van der Waals surface area contributed by atoms with Crippen LogP contribution in [0.4, 0.5) is 0 Å². The molecule has 1 atom stereocenters. The molecular formula is C12H18N2O3S2. The predicted octanol–water partition coefficient (Wildman–Crippen LogP) is 0.184. The molecule has 7 heteroatoms. The molecule has 0 radical (unpaired) electrons. The average Bonchev–Trinajstić information content (AvgIpc) is 2.80. The SMILES string of the molecule is O=C(CC1CS(=O)(=O)CCN1)NCCc1ccsc1. The quantitative estimate of drug-likeness (QED) is 0.814. The molecule has 1 aliphatic heterocycles. The highest BCUT2D eigenvalue weighted by atomic mass is 32.2. The summed E-state index contributed by atoms with van der Waals surface area (Å²) >= 11 is 1.64. The van der Waals surface area contributed by atoms with E-state index in [1.807, 2.05) is 11.4 Å². The van der Waals surface area contributed by atoms with Gasteiger partial charge in [0.25, 0.3) is 0 Å². The molecule has 2 rings (SSSR count). The van der Waals surface area contributed by atoms with E-state index in [2.05, 4.69) is 16.0 Å². The van der Waals surface area contributed by atoms with Crippen molar-refractivity contribution in [1.82, 2.24) is 10.6 Å². The minimum absolute atomic E-state index is 0.0605. The Balaban J connectivity index is 1.69. The van der Waals surface area contributed by atoms with E-state index < -0.39 is 9.84 Å². The third kappa shape index (κ3) is 4.93. The van der Waals surface area contributed by atoms with Crippen LogP contribution in [-0.4, -0.2) is 45.0 Å². The number of carbonyl (C=O) groups excluding carboxylic acids is 1. The molecule has 0 aliphatic carbocycles. The third-order valence-electron chi connectivity index (χ3n) is 3.05. The van der Waals surface area contributed by atoms with Gasteiger partial charge in [-0.25, -0.2) is 8.42 Å². The van der Waals surface area contributed by atoms with E-state index in [0.717, 1.165) is 6.42 Å². The lowest BCUT2D eigenvalue weighted by Crippen LogP contribution is -2.47. The van der Waals surface area contributed by atoms with Crippen molar-refractivity contribution >= 4 is 27.1 Å². The second kappa shape index (κ2) is 6.49. The topological polar surface area (TPSA) is 75.3 Å². The highest BCUT2D eigenvalue weighted by Crippen LogP contribution is 2.06. The van der Waals surface area contributed by atoms with Gasteiger partial charge in [0.1, 0.15) is 0 Å². The van der Waals surface area contributed by atoms with Crippen LogP contribution in [0.25, 0.3) is 0 Å². The Morgan fingerprint density at radius 3 is 3.05 bits per heavy atom. The Hall–Kier alpha value is -0.920. The van der Waals surface area contributed by atoms with Gasteiger partial charge < -0.3 is 10.6 Å². The molecule has 19 heavy (non-hydrogen) atoms. The molecule has 0 aromatic carbocycles. The minimum atomic E-state index is -2.97. The molecule has 1 aromatic rings. The van der Waals surface area contributed by atoms with Crippen molar-refractivity contribution in [1.29, 1.82) is 0 Å². The van der Waals surface area contributed by atoms with Gasteiger partial charge in [-0.15, -0.1) is 0 Å². The van der Waals surface area contributed by atoms with E-state index in [9.17, 15) is 13.2 Å².